The van der Waals surface area contributed by atoms with Crippen LogP contribution in [0.1, 0.15) is 136 Å². The van der Waals surface area contributed by atoms with Crippen molar-refractivity contribution in [2.75, 3.05) is 0 Å². The first-order valence-electron chi connectivity index (χ1n) is 12.8. The van der Waals surface area contributed by atoms with Crippen molar-refractivity contribution >= 4 is 11.9 Å². The second-order valence-electron chi connectivity index (χ2n) is 8.54. The standard InChI is InChI=1S/C26H49NO3/c1-3-5-6-7-8-9-10-11-12-13-14-15-16-17-18-19-20-21-22-23-25(28)30-24(4-2)26(27)29/h11-12,24H,3-10,13-23H2,1-2H3,(H2,27,29)/b12-11-. The Morgan fingerprint density at radius 2 is 1.13 bits per heavy atom. The van der Waals surface area contributed by atoms with E-state index in [-0.39, 0.29) is 5.97 Å². The summed E-state index contributed by atoms with van der Waals surface area (Å²) in [5.41, 5.74) is 5.18. The van der Waals surface area contributed by atoms with Gasteiger partial charge in [0.1, 0.15) is 0 Å². The Labute approximate surface area is 186 Å². The number of carbonyl (C=O) groups is 2. The predicted octanol–water partition coefficient (Wildman–Crippen LogP) is 7.39. The minimum absolute atomic E-state index is 0.304. The number of hydrogen-bond acceptors (Lipinski definition) is 3. The van der Waals surface area contributed by atoms with Crippen molar-refractivity contribution in [3.63, 3.8) is 0 Å². The van der Waals surface area contributed by atoms with Crippen LogP contribution >= 0.6 is 0 Å². The Balaban J connectivity index is 3.28. The van der Waals surface area contributed by atoms with Crippen LogP contribution in [0.2, 0.25) is 0 Å². The molecule has 4 heteroatoms. The average molecular weight is 424 g/mol. The molecule has 30 heavy (non-hydrogen) atoms. The number of rotatable bonds is 22. The third-order valence-electron chi connectivity index (χ3n) is 5.60. The predicted molar refractivity (Wildman–Crippen MR) is 127 cm³/mol. The highest BCUT2D eigenvalue weighted by molar-refractivity contribution is 5.82. The van der Waals surface area contributed by atoms with Crippen molar-refractivity contribution in [2.24, 2.45) is 5.73 Å². The highest BCUT2D eigenvalue weighted by Gasteiger charge is 2.17. The van der Waals surface area contributed by atoms with Crippen LogP contribution in [0, 0.1) is 0 Å². The Morgan fingerprint density at radius 3 is 1.57 bits per heavy atom. The molecule has 176 valence electrons. The third-order valence-corrected chi connectivity index (χ3v) is 5.60. The molecule has 0 rings (SSSR count). The van der Waals surface area contributed by atoms with Crippen LogP contribution in [0.3, 0.4) is 0 Å². The Hall–Kier alpha value is -1.32. The SMILES string of the molecule is CCCCCCCC/C=C\CCCCCCCCCCCC(=O)OC(CC)C(N)=O. The lowest BCUT2D eigenvalue weighted by molar-refractivity contribution is -0.155. The van der Waals surface area contributed by atoms with E-state index in [9.17, 15) is 9.59 Å². The molecule has 0 spiro atoms. The molecule has 0 saturated heterocycles. The number of esters is 1. The summed E-state index contributed by atoms with van der Waals surface area (Å²) >= 11 is 0. The van der Waals surface area contributed by atoms with Crippen molar-refractivity contribution in [1.29, 1.82) is 0 Å². The van der Waals surface area contributed by atoms with E-state index in [1.807, 2.05) is 0 Å². The zero-order chi connectivity index (χ0) is 22.3. The van der Waals surface area contributed by atoms with Crippen molar-refractivity contribution in [1.82, 2.24) is 0 Å². The molecule has 2 N–H and O–H groups in total. The lowest BCUT2D eigenvalue weighted by Gasteiger charge is -2.12. The maximum Gasteiger partial charge on any atom is 0.306 e. The summed E-state index contributed by atoms with van der Waals surface area (Å²) in [6, 6.07) is 0. The van der Waals surface area contributed by atoms with Gasteiger partial charge in [0.25, 0.3) is 5.91 Å². The van der Waals surface area contributed by atoms with Crippen LogP contribution in [0.5, 0.6) is 0 Å². The van der Waals surface area contributed by atoms with Crippen LogP contribution in [-0.2, 0) is 14.3 Å². The van der Waals surface area contributed by atoms with Gasteiger partial charge in [-0.25, -0.2) is 0 Å². The molecule has 0 aromatic heterocycles. The summed E-state index contributed by atoms with van der Waals surface area (Å²) < 4.78 is 5.08. The summed E-state index contributed by atoms with van der Waals surface area (Å²) in [4.78, 5) is 22.7. The summed E-state index contributed by atoms with van der Waals surface area (Å²) in [5, 5.41) is 0. The van der Waals surface area contributed by atoms with Gasteiger partial charge in [-0.3, -0.25) is 9.59 Å². The second kappa shape index (κ2) is 22.4. The zero-order valence-corrected chi connectivity index (χ0v) is 20.0. The van der Waals surface area contributed by atoms with Gasteiger partial charge in [-0.15, -0.1) is 0 Å². The quantitative estimate of drug-likeness (QED) is 0.112. The van der Waals surface area contributed by atoms with E-state index in [4.69, 9.17) is 10.5 Å². The monoisotopic (exact) mass is 423 g/mol. The first-order chi connectivity index (χ1) is 14.6. The van der Waals surface area contributed by atoms with Gasteiger partial charge >= 0.3 is 5.97 Å². The van der Waals surface area contributed by atoms with E-state index in [0.717, 1.165) is 12.8 Å². The van der Waals surface area contributed by atoms with Crippen molar-refractivity contribution in [3.8, 4) is 0 Å². The lowest BCUT2D eigenvalue weighted by Crippen LogP contribution is -2.32. The minimum atomic E-state index is -0.770. The van der Waals surface area contributed by atoms with Crippen LogP contribution in [0.15, 0.2) is 12.2 Å². The molecule has 0 aromatic carbocycles. The molecule has 0 heterocycles. The molecule has 1 atom stereocenters. The number of hydrogen-bond donors (Lipinski definition) is 1. The molecule has 0 bridgehead atoms. The van der Waals surface area contributed by atoms with Gasteiger partial charge in [0.05, 0.1) is 0 Å². The fourth-order valence-electron chi connectivity index (χ4n) is 3.61. The van der Waals surface area contributed by atoms with E-state index < -0.39 is 12.0 Å². The largest absolute Gasteiger partial charge is 0.452 e. The summed E-state index contributed by atoms with van der Waals surface area (Å²) in [6.45, 7) is 4.06. The van der Waals surface area contributed by atoms with Crippen LogP contribution in [0.4, 0.5) is 0 Å². The summed E-state index contributed by atoms with van der Waals surface area (Å²) in [5.74, 6) is -0.864. The fourth-order valence-corrected chi connectivity index (χ4v) is 3.61. The summed E-state index contributed by atoms with van der Waals surface area (Å²) in [6.07, 6.45) is 26.5. The first kappa shape index (κ1) is 28.7. The molecule has 0 aromatic rings. The molecule has 4 nitrogen and oxygen atoms in total. The molecule has 0 fully saturated rings. The average Bonchev–Trinajstić information content (AvgIpc) is 2.73. The number of unbranched alkanes of at least 4 members (excludes halogenated alkanes) is 15. The lowest BCUT2D eigenvalue weighted by atomic mass is 10.1. The number of nitrogens with two attached hydrogens (primary N) is 1. The Bertz CT molecular complexity index is 434. The van der Waals surface area contributed by atoms with Gasteiger partial charge in [0.15, 0.2) is 6.10 Å². The van der Waals surface area contributed by atoms with Gasteiger partial charge in [0.2, 0.25) is 0 Å². The molecular formula is C26H49NO3. The molecule has 0 aliphatic rings. The first-order valence-corrected chi connectivity index (χ1v) is 12.8. The van der Waals surface area contributed by atoms with E-state index in [2.05, 4.69) is 19.1 Å². The van der Waals surface area contributed by atoms with E-state index in [1.165, 1.54) is 96.3 Å². The number of ether oxygens (including phenoxy) is 1. The fraction of sp³-hybridized carbons (Fsp3) is 0.846. The highest BCUT2D eigenvalue weighted by Crippen LogP contribution is 2.13. The Kier molecular flexibility index (Phi) is 21.4. The molecule has 0 aliphatic heterocycles. The molecule has 0 radical (unpaired) electrons. The second-order valence-corrected chi connectivity index (χ2v) is 8.54. The van der Waals surface area contributed by atoms with Crippen LogP contribution in [-0.4, -0.2) is 18.0 Å². The van der Waals surface area contributed by atoms with Crippen LogP contribution in [0.25, 0.3) is 0 Å². The van der Waals surface area contributed by atoms with Crippen LogP contribution < -0.4 is 5.73 Å². The van der Waals surface area contributed by atoms with Gasteiger partial charge < -0.3 is 10.5 Å². The van der Waals surface area contributed by atoms with Crippen molar-refractivity contribution in [2.45, 2.75) is 142 Å². The van der Waals surface area contributed by atoms with Crippen molar-refractivity contribution in [3.05, 3.63) is 12.2 Å². The van der Waals surface area contributed by atoms with Gasteiger partial charge in [-0.05, 0) is 38.5 Å². The molecule has 1 unspecified atom stereocenters. The third kappa shape index (κ3) is 20.0. The Morgan fingerprint density at radius 1 is 0.700 bits per heavy atom. The van der Waals surface area contributed by atoms with E-state index >= 15 is 0 Å². The highest BCUT2D eigenvalue weighted by atomic mass is 16.5. The number of allylic oxidation sites excluding steroid dienone is 2. The maximum atomic E-state index is 11.7. The van der Waals surface area contributed by atoms with E-state index in [1.54, 1.807) is 6.92 Å². The van der Waals surface area contributed by atoms with Crippen molar-refractivity contribution < 1.29 is 14.3 Å². The molecular weight excluding hydrogens is 374 g/mol. The maximum absolute atomic E-state index is 11.7. The topological polar surface area (TPSA) is 69.4 Å². The van der Waals surface area contributed by atoms with Gasteiger partial charge in [-0.2, -0.15) is 0 Å². The zero-order valence-electron chi connectivity index (χ0n) is 20.0. The smallest absolute Gasteiger partial charge is 0.306 e. The number of primary amides is 1. The molecule has 1 amide bonds. The molecule has 0 saturated carbocycles. The van der Waals surface area contributed by atoms with Gasteiger partial charge in [0, 0.05) is 6.42 Å². The minimum Gasteiger partial charge on any atom is -0.452 e. The van der Waals surface area contributed by atoms with E-state index in [0.29, 0.717) is 12.8 Å². The number of carbonyl (C=O) groups excluding carboxylic acids is 2. The molecule has 0 aliphatic carbocycles. The number of amides is 1. The summed E-state index contributed by atoms with van der Waals surface area (Å²) in [7, 11) is 0. The normalized spacial score (nSPS) is 12.3. The van der Waals surface area contributed by atoms with Gasteiger partial charge in [-0.1, -0.05) is 103 Å².